The SMILES string of the molecule is COC(=O)C(O)Cc1cn[nH]c1. The van der Waals surface area contributed by atoms with Gasteiger partial charge in [0.1, 0.15) is 0 Å². The Labute approximate surface area is 69.4 Å². The van der Waals surface area contributed by atoms with Gasteiger partial charge in [-0.3, -0.25) is 5.10 Å². The Bertz CT molecular complexity index is 245. The predicted octanol–water partition coefficient (Wildman–Crippen LogP) is -0.514. The standard InChI is InChI=1S/C7H10N2O3/c1-12-7(11)6(10)2-5-3-8-9-4-5/h3-4,6,10H,2H2,1H3,(H,8,9). The number of aliphatic hydroxyl groups is 1. The lowest BCUT2D eigenvalue weighted by Crippen LogP contribution is -2.23. The Kier molecular flexibility index (Phi) is 2.82. The zero-order chi connectivity index (χ0) is 8.97. The molecule has 0 spiro atoms. The number of rotatable bonds is 3. The van der Waals surface area contributed by atoms with Crippen LogP contribution in [0.15, 0.2) is 12.4 Å². The molecule has 1 atom stereocenters. The Morgan fingerprint density at radius 3 is 3.17 bits per heavy atom. The summed E-state index contributed by atoms with van der Waals surface area (Å²) in [6.45, 7) is 0. The van der Waals surface area contributed by atoms with Gasteiger partial charge in [0.05, 0.1) is 13.3 Å². The summed E-state index contributed by atoms with van der Waals surface area (Å²) in [5.74, 6) is -0.629. The van der Waals surface area contributed by atoms with Crippen molar-refractivity contribution in [2.24, 2.45) is 0 Å². The number of hydrogen-bond acceptors (Lipinski definition) is 4. The minimum absolute atomic E-state index is 0.225. The summed E-state index contributed by atoms with van der Waals surface area (Å²) in [5.41, 5.74) is 0.771. The van der Waals surface area contributed by atoms with E-state index in [-0.39, 0.29) is 6.42 Å². The van der Waals surface area contributed by atoms with Crippen LogP contribution in [-0.2, 0) is 16.0 Å². The van der Waals surface area contributed by atoms with Crippen LogP contribution < -0.4 is 0 Å². The number of hydrogen-bond donors (Lipinski definition) is 2. The number of aliphatic hydroxyl groups excluding tert-OH is 1. The van der Waals surface area contributed by atoms with Gasteiger partial charge in [-0.05, 0) is 5.56 Å². The van der Waals surface area contributed by atoms with Gasteiger partial charge in [-0.25, -0.2) is 4.79 Å². The van der Waals surface area contributed by atoms with Crippen LogP contribution in [0.3, 0.4) is 0 Å². The van der Waals surface area contributed by atoms with Crippen LogP contribution in [0, 0.1) is 0 Å². The summed E-state index contributed by atoms with van der Waals surface area (Å²) in [7, 11) is 1.24. The van der Waals surface area contributed by atoms with Crippen LogP contribution in [0.25, 0.3) is 0 Å². The number of carbonyl (C=O) groups is 1. The molecule has 1 aromatic rings. The van der Waals surface area contributed by atoms with E-state index in [1.807, 2.05) is 0 Å². The first-order valence-corrected chi connectivity index (χ1v) is 3.47. The highest BCUT2D eigenvalue weighted by atomic mass is 16.5. The van der Waals surface area contributed by atoms with E-state index in [0.29, 0.717) is 0 Å². The van der Waals surface area contributed by atoms with Gasteiger partial charge in [-0.2, -0.15) is 5.10 Å². The maximum atomic E-state index is 10.7. The summed E-state index contributed by atoms with van der Waals surface area (Å²) >= 11 is 0. The van der Waals surface area contributed by atoms with E-state index in [9.17, 15) is 9.90 Å². The van der Waals surface area contributed by atoms with Crippen LogP contribution in [0.1, 0.15) is 5.56 Å². The summed E-state index contributed by atoms with van der Waals surface area (Å²) in [6.07, 6.45) is 2.29. The lowest BCUT2D eigenvalue weighted by Gasteiger charge is -2.05. The van der Waals surface area contributed by atoms with Crippen molar-refractivity contribution in [1.82, 2.24) is 10.2 Å². The van der Waals surface area contributed by atoms with E-state index in [1.165, 1.54) is 7.11 Å². The van der Waals surface area contributed by atoms with Crippen molar-refractivity contribution in [3.05, 3.63) is 18.0 Å². The molecule has 5 heteroatoms. The van der Waals surface area contributed by atoms with Crippen molar-refractivity contribution in [3.8, 4) is 0 Å². The van der Waals surface area contributed by atoms with Crippen LogP contribution >= 0.6 is 0 Å². The number of H-pyrrole nitrogens is 1. The number of aromatic nitrogens is 2. The molecule has 0 fully saturated rings. The zero-order valence-corrected chi connectivity index (χ0v) is 6.65. The highest BCUT2D eigenvalue weighted by Gasteiger charge is 2.15. The molecule has 1 unspecified atom stereocenters. The molecule has 0 saturated heterocycles. The molecule has 0 amide bonds. The third kappa shape index (κ3) is 2.06. The maximum Gasteiger partial charge on any atom is 0.335 e. The normalized spacial score (nSPS) is 12.5. The lowest BCUT2D eigenvalue weighted by atomic mass is 10.1. The fourth-order valence-electron chi connectivity index (χ4n) is 0.832. The first kappa shape index (κ1) is 8.73. The summed E-state index contributed by atoms with van der Waals surface area (Å²) in [5, 5.41) is 15.4. The average Bonchev–Trinajstić information content (AvgIpc) is 2.55. The average molecular weight is 170 g/mol. The van der Waals surface area contributed by atoms with Crippen LogP contribution in [0.5, 0.6) is 0 Å². The topological polar surface area (TPSA) is 75.2 Å². The predicted molar refractivity (Wildman–Crippen MR) is 40.3 cm³/mol. The molecule has 2 N–H and O–H groups in total. The minimum atomic E-state index is -1.10. The lowest BCUT2D eigenvalue weighted by molar-refractivity contribution is -0.150. The second-order valence-electron chi connectivity index (χ2n) is 2.35. The molecule has 1 heterocycles. The van der Waals surface area contributed by atoms with E-state index in [0.717, 1.165) is 5.56 Å². The molecule has 0 saturated carbocycles. The van der Waals surface area contributed by atoms with E-state index in [1.54, 1.807) is 12.4 Å². The summed E-state index contributed by atoms with van der Waals surface area (Å²) in [6, 6.07) is 0. The number of methoxy groups -OCH3 is 1. The number of aromatic amines is 1. The molecular formula is C7H10N2O3. The number of ether oxygens (including phenoxy) is 1. The molecular weight excluding hydrogens is 160 g/mol. The summed E-state index contributed by atoms with van der Waals surface area (Å²) in [4.78, 5) is 10.7. The smallest absolute Gasteiger partial charge is 0.335 e. The van der Waals surface area contributed by atoms with Crippen molar-refractivity contribution in [2.75, 3.05) is 7.11 Å². The van der Waals surface area contributed by atoms with Crippen molar-refractivity contribution < 1.29 is 14.6 Å². The minimum Gasteiger partial charge on any atom is -0.467 e. The molecule has 0 bridgehead atoms. The van der Waals surface area contributed by atoms with Gasteiger partial charge < -0.3 is 9.84 Å². The molecule has 0 aliphatic carbocycles. The van der Waals surface area contributed by atoms with Crippen molar-refractivity contribution in [1.29, 1.82) is 0 Å². The van der Waals surface area contributed by atoms with E-state index in [4.69, 9.17) is 0 Å². The molecule has 0 aliphatic rings. The quantitative estimate of drug-likeness (QED) is 0.599. The molecule has 1 rings (SSSR count). The highest BCUT2D eigenvalue weighted by Crippen LogP contribution is 2.00. The molecule has 0 aliphatic heterocycles. The molecule has 12 heavy (non-hydrogen) atoms. The second kappa shape index (κ2) is 3.87. The third-order valence-electron chi connectivity index (χ3n) is 1.46. The van der Waals surface area contributed by atoms with Gasteiger partial charge in [-0.15, -0.1) is 0 Å². The van der Waals surface area contributed by atoms with Gasteiger partial charge in [0.2, 0.25) is 0 Å². The van der Waals surface area contributed by atoms with Crippen molar-refractivity contribution in [3.63, 3.8) is 0 Å². The molecule has 66 valence electrons. The van der Waals surface area contributed by atoms with Gasteiger partial charge >= 0.3 is 5.97 Å². The largest absolute Gasteiger partial charge is 0.467 e. The first-order chi connectivity index (χ1) is 5.74. The second-order valence-corrected chi connectivity index (χ2v) is 2.35. The van der Waals surface area contributed by atoms with Crippen LogP contribution in [0.4, 0.5) is 0 Å². The molecule has 5 nitrogen and oxygen atoms in total. The molecule has 0 radical (unpaired) electrons. The first-order valence-electron chi connectivity index (χ1n) is 3.47. The zero-order valence-electron chi connectivity index (χ0n) is 6.65. The Hall–Kier alpha value is -1.36. The van der Waals surface area contributed by atoms with Gasteiger partial charge in [-0.1, -0.05) is 0 Å². The summed E-state index contributed by atoms with van der Waals surface area (Å²) < 4.78 is 4.34. The number of nitrogens with one attached hydrogen (secondary N) is 1. The van der Waals surface area contributed by atoms with Gasteiger partial charge in [0.25, 0.3) is 0 Å². The van der Waals surface area contributed by atoms with E-state index >= 15 is 0 Å². The number of carbonyl (C=O) groups excluding carboxylic acids is 1. The van der Waals surface area contributed by atoms with E-state index in [2.05, 4.69) is 14.9 Å². The van der Waals surface area contributed by atoms with Crippen LogP contribution in [-0.4, -0.2) is 34.5 Å². The Balaban J connectivity index is 2.47. The Morgan fingerprint density at radius 1 is 1.92 bits per heavy atom. The fourth-order valence-corrected chi connectivity index (χ4v) is 0.832. The fraction of sp³-hybridized carbons (Fsp3) is 0.429. The maximum absolute atomic E-state index is 10.7. The van der Waals surface area contributed by atoms with Gasteiger partial charge in [0, 0.05) is 12.6 Å². The van der Waals surface area contributed by atoms with Crippen molar-refractivity contribution in [2.45, 2.75) is 12.5 Å². The van der Waals surface area contributed by atoms with Crippen LogP contribution in [0.2, 0.25) is 0 Å². The number of nitrogens with zero attached hydrogens (tertiary/aromatic N) is 1. The van der Waals surface area contributed by atoms with Crippen molar-refractivity contribution >= 4 is 5.97 Å². The van der Waals surface area contributed by atoms with E-state index < -0.39 is 12.1 Å². The van der Waals surface area contributed by atoms with Gasteiger partial charge in [0.15, 0.2) is 6.10 Å². The Morgan fingerprint density at radius 2 is 2.67 bits per heavy atom. The monoisotopic (exact) mass is 170 g/mol. The molecule has 0 aromatic carbocycles. The highest BCUT2D eigenvalue weighted by molar-refractivity contribution is 5.74. The number of esters is 1. The molecule has 1 aromatic heterocycles. The third-order valence-corrected chi connectivity index (χ3v) is 1.46.